The van der Waals surface area contributed by atoms with E-state index in [-0.39, 0.29) is 5.84 Å². The minimum absolute atomic E-state index is 0.285. The molecular formula is C16H23N5O. The highest BCUT2D eigenvalue weighted by molar-refractivity contribution is 5.97. The average Bonchev–Trinajstić information content (AvgIpc) is 2.55. The second kappa shape index (κ2) is 9.36. The monoisotopic (exact) mass is 301 g/mol. The molecule has 0 saturated carbocycles. The van der Waals surface area contributed by atoms with Crippen LogP contribution < -0.4 is 16.3 Å². The van der Waals surface area contributed by atoms with Crippen molar-refractivity contribution in [3.63, 3.8) is 0 Å². The molecule has 1 heterocycles. The van der Waals surface area contributed by atoms with E-state index >= 15 is 0 Å². The standard InChI is InChI=1S/C14H17N5O.C2H6/c1-19(16)18-14(15)12-7-13(9-17-8-12)20-10-11-5-3-2-4-6-11;1-2/h2-9H,10,16H2,1H3,(H2,15,18);1-2H3. The van der Waals surface area contributed by atoms with E-state index in [0.29, 0.717) is 17.9 Å². The normalized spacial score (nSPS) is 10.5. The van der Waals surface area contributed by atoms with Crippen molar-refractivity contribution in [1.82, 2.24) is 10.1 Å². The summed E-state index contributed by atoms with van der Waals surface area (Å²) in [6.07, 6.45) is 3.24. The highest BCUT2D eigenvalue weighted by Gasteiger charge is 2.03. The molecule has 0 radical (unpaired) electrons. The maximum absolute atomic E-state index is 5.80. The van der Waals surface area contributed by atoms with Crippen LogP contribution in [0.25, 0.3) is 0 Å². The molecule has 0 unspecified atom stereocenters. The zero-order valence-corrected chi connectivity index (χ0v) is 13.2. The fraction of sp³-hybridized carbons (Fsp3) is 0.250. The van der Waals surface area contributed by atoms with Gasteiger partial charge in [-0.25, -0.2) is 11.0 Å². The van der Waals surface area contributed by atoms with E-state index < -0.39 is 0 Å². The van der Waals surface area contributed by atoms with Crippen molar-refractivity contribution in [2.24, 2.45) is 16.7 Å². The Morgan fingerprint density at radius 2 is 1.91 bits per heavy atom. The molecule has 0 bridgehead atoms. The summed E-state index contributed by atoms with van der Waals surface area (Å²) in [6.45, 7) is 4.47. The van der Waals surface area contributed by atoms with E-state index in [2.05, 4.69) is 10.1 Å². The largest absolute Gasteiger partial charge is 0.487 e. The van der Waals surface area contributed by atoms with Gasteiger partial charge >= 0.3 is 0 Å². The van der Waals surface area contributed by atoms with Gasteiger partial charge in [-0.05, 0) is 11.6 Å². The number of hydrogen-bond donors (Lipinski definition) is 2. The third kappa shape index (κ3) is 5.80. The number of benzene rings is 1. The number of pyridine rings is 1. The zero-order valence-electron chi connectivity index (χ0n) is 13.2. The lowest BCUT2D eigenvalue weighted by molar-refractivity contribution is 0.305. The Hall–Kier alpha value is -2.60. The summed E-state index contributed by atoms with van der Waals surface area (Å²) in [7, 11) is 1.59. The van der Waals surface area contributed by atoms with Gasteiger partial charge in [0.05, 0.1) is 6.20 Å². The molecule has 2 aromatic rings. The zero-order chi connectivity index (χ0) is 16.4. The third-order valence-corrected chi connectivity index (χ3v) is 2.52. The quantitative estimate of drug-likeness (QED) is 0.382. The molecule has 0 atom stereocenters. The maximum atomic E-state index is 5.80. The van der Waals surface area contributed by atoms with Gasteiger partial charge in [-0.1, -0.05) is 44.2 Å². The Bertz CT molecular complexity index is 584. The van der Waals surface area contributed by atoms with Gasteiger partial charge in [-0.3, -0.25) is 4.98 Å². The summed E-state index contributed by atoms with van der Waals surface area (Å²) in [4.78, 5) is 4.08. The molecule has 118 valence electrons. The predicted molar refractivity (Wildman–Crippen MR) is 89.0 cm³/mol. The van der Waals surface area contributed by atoms with Crippen molar-refractivity contribution in [1.29, 1.82) is 0 Å². The van der Waals surface area contributed by atoms with Crippen LogP contribution in [0.2, 0.25) is 0 Å². The smallest absolute Gasteiger partial charge is 0.154 e. The summed E-state index contributed by atoms with van der Waals surface area (Å²) in [5.74, 6) is 6.33. The number of ether oxygens (including phenoxy) is 1. The molecule has 0 aliphatic carbocycles. The number of amidine groups is 1. The Labute approximate surface area is 131 Å². The molecule has 22 heavy (non-hydrogen) atoms. The van der Waals surface area contributed by atoms with Gasteiger partial charge < -0.3 is 10.5 Å². The van der Waals surface area contributed by atoms with E-state index in [1.807, 2.05) is 44.2 Å². The van der Waals surface area contributed by atoms with Gasteiger partial charge in [0.1, 0.15) is 12.4 Å². The van der Waals surface area contributed by atoms with Crippen LogP contribution in [-0.2, 0) is 6.61 Å². The second-order valence-corrected chi connectivity index (χ2v) is 4.24. The third-order valence-electron chi connectivity index (χ3n) is 2.52. The van der Waals surface area contributed by atoms with E-state index in [4.69, 9.17) is 16.3 Å². The van der Waals surface area contributed by atoms with Crippen LogP contribution in [0.3, 0.4) is 0 Å². The first kappa shape index (κ1) is 17.5. The average molecular weight is 301 g/mol. The molecule has 4 N–H and O–H groups in total. The van der Waals surface area contributed by atoms with Crippen molar-refractivity contribution < 1.29 is 4.74 Å². The number of nitrogens with two attached hydrogens (primary N) is 2. The molecule has 6 nitrogen and oxygen atoms in total. The summed E-state index contributed by atoms with van der Waals surface area (Å²) in [5.41, 5.74) is 7.55. The summed E-state index contributed by atoms with van der Waals surface area (Å²) in [6, 6.07) is 11.7. The van der Waals surface area contributed by atoms with Crippen LogP contribution in [0.1, 0.15) is 25.0 Å². The van der Waals surface area contributed by atoms with Crippen LogP contribution in [-0.4, -0.2) is 23.0 Å². The highest BCUT2D eigenvalue weighted by atomic mass is 16.5. The van der Waals surface area contributed by atoms with E-state index in [0.717, 1.165) is 10.7 Å². The van der Waals surface area contributed by atoms with Crippen molar-refractivity contribution in [2.75, 3.05) is 7.05 Å². The van der Waals surface area contributed by atoms with Gasteiger partial charge in [0.15, 0.2) is 5.84 Å². The molecule has 0 spiro atoms. The lowest BCUT2D eigenvalue weighted by Crippen LogP contribution is -2.25. The lowest BCUT2D eigenvalue weighted by Gasteiger charge is -2.09. The van der Waals surface area contributed by atoms with Gasteiger partial charge in [0, 0.05) is 18.8 Å². The first-order chi connectivity index (χ1) is 10.6. The van der Waals surface area contributed by atoms with E-state index in [1.165, 1.54) is 0 Å². The van der Waals surface area contributed by atoms with Crippen molar-refractivity contribution in [2.45, 2.75) is 20.5 Å². The SMILES string of the molecule is CC.CN(N)/N=C(\N)c1cncc(OCc2ccccc2)c1. The minimum atomic E-state index is 0.285. The highest BCUT2D eigenvalue weighted by Crippen LogP contribution is 2.13. The fourth-order valence-corrected chi connectivity index (χ4v) is 1.61. The number of rotatable bonds is 5. The van der Waals surface area contributed by atoms with Gasteiger partial charge in [0.2, 0.25) is 0 Å². The number of hydrogen-bond acceptors (Lipinski definition) is 5. The molecule has 0 fully saturated rings. The minimum Gasteiger partial charge on any atom is -0.487 e. The van der Waals surface area contributed by atoms with Crippen LogP contribution in [0.4, 0.5) is 0 Å². The molecule has 6 heteroatoms. The van der Waals surface area contributed by atoms with Crippen molar-refractivity contribution in [3.8, 4) is 5.75 Å². The topological polar surface area (TPSA) is 89.8 Å². The van der Waals surface area contributed by atoms with E-state index in [9.17, 15) is 0 Å². The van der Waals surface area contributed by atoms with Crippen LogP contribution in [0.5, 0.6) is 5.75 Å². The number of hydrazine groups is 1. The molecule has 2 rings (SSSR count). The van der Waals surface area contributed by atoms with Crippen LogP contribution in [0.15, 0.2) is 53.9 Å². The molecule has 0 aliphatic heterocycles. The molecule has 0 saturated heterocycles. The lowest BCUT2D eigenvalue weighted by atomic mass is 10.2. The summed E-state index contributed by atoms with van der Waals surface area (Å²) < 4.78 is 5.67. The Morgan fingerprint density at radius 1 is 1.23 bits per heavy atom. The first-order valence-corrected chi connectivity index (χ1v) is 7.10. The maximum Gasteiger partial charge on any atom is 0.154 e. The first-order valence-electron chi connectivity index (χ1n) is 7.10. The number of aromatic nitrogens is 1. The van der Waals surface area contributed by atoms with Crippen LogP contribution in [0, 0.1) is 0 Å². The summed E-state index contributed by atoms with van der Waals surface area (Å²) >= 11 is 0. The van der Waals surface area contributed by atoms with Crippen LogP contribution >= 0.6 is 0 Å². The Morgan fingerprint density at radius 3 is 2.55 bits per heavy atom. The Balaban J connectivity index is 0.00000116. The van der Waals surface area contributed by atoms with Gasteiger partial charge in [0.25, 0.3) is 0 Å². The number of hydrazone groups is 1. The molecule has 0 amide bonds. The molecule has 1 aromatic heterocycles. The Kier molecular flexibility index (Phi) is 7.42. The fourth-order valence-electron chi connectivity index (χ4n) is 1.61. The van der Waals surface area contributed by atoms with Gasteiger partial charge in [-0.2, -0.15) is 0 Å². The predicted octanol–water partition coefficient (Wildman–Crippen LogP) is 2.11. The molecular weight excluding hydrogens is 278 g/mol. The number of nitrogens with zero attached hydrogens (tertiary/aromatic N) is 3. The second-order valence-electron chi connectivity index (χ2n) is 4.24. The molecule has 0 aliphatic rings. The van der Waals surface area contributed by atoms with Crippen molar-refractivity contribution >= 4 is 5.84 Å². The van der Waals surface area contributed by atoms with Crippen molar-refractivity contribution in [3.05, 3.63) is 59.9 Å². The van der Waals surface area contributed by atoms with E-state index in [1.54, 1.807) is 25.5 Å². The summed E-state index contributed by atoms with van der Waals surface area (Å²) in [5, 5.41) is 5.06. The molecule has 1 aromatic carbocycles. The van der Waals surface area contributed by atoms with Gasteiger partial charge in [-0.15, -0.1) is 5.10 Å².